The fourth-order valence-corrected chi connectivity index (χ4v) is 1.53. The number of benzene rings is 1. The van der Waals surface area contributed by atoms with Crippen molar-refractivity contribution in [1.29, 1.82) is 0 Å². The second-order valence-corrected chi connectivity index (χ2v) is 3.66. The molecule has 0 aliphatic rings. The molecule has 86 valence electrons. The van der Waals surface area contributed by atoms with E-state index in [0.29, 0.717) is 12.2 Å². The zero-order chi connectivity index (χ0) is 12.1. The summed E-state index contributed by atoms with van der Waals surface area (Å²) in [6, 6.07) is 4.86. The third-order valence-electron chi connectivity index (χ3n) is 2.06. The number of carboxylic acids is 1. The number of Topliss-reactive ketones (excluding diaryl/α,β-unsaturated/α-hetero) is 1. The highest BCUT2D eigenvalue weighted by Gasteiger charge is 2.08. The normalized spacial score (nSPS) is 10.1. The lowest BCUT2D eigenvalue weighted by Crippen LogP contribution is -2.03. The van der Waals surface area contributed by atoms with Gasteiger partial charge in [-0.05, 0) is 30.2 Å². The number of carboxylic acid groups (broad SMARTS) is 1. The Kier molecular flexibility index (Phi) is 4.19. The summed E-state index contributed by atoms with van der Waals surface area (Å²) in [4.78, 5) is 21.9. The van der Waals surface area contributed by atoms with Crippen molar-refractivity contribution in [1.82, 2.24) is 0 Å². The van der Waals surface area contributed by atoms with Crippen molar-refractivity contribution >= 4 is 11.8 Å². The number of hydrogen-bond donors (Lipinski definition) is 1. The van der Waals surface area contributed by atoms with Crippen LogP contribution in [0.25, 0.3) is 0 Å². The van der Waals surface area contributed by atoms with Crippen LogP contribution in [-0.4, -0.2) is 24.0 Å². The molecule has 1 aromatic carbocycles. The van der Waals surface area contributed by atoms with Gasteiger partial charge in [-0.1, -0.05) is 6.07 Å². The molecule has 0 atom stereocenters. The quantitative estimate of drug-likeness (QED) is 0.823. The first kappa shape index (κ1) is 12.4. The molecule has 4 heteroatoms. The van der Waals surface area contributed by atoms with E-state index in [1.54, 1.807) is 12.1 Å². The zero-order valence-corrected chi connectivity index (χ0v) is 9.32. The molecular formula is C12H14O4. The van der Waals surface area contributed by atoms with Gasteiger partial charge in [-0.3, -0.25) is 4.79 Å². The number of aromatic carboxylic acids is 1. The van der Waals surface area contributed by atoms with Gasteiger partial charge in [-0.2, -0.15) is 0 Å². The maximum absolute atomic E-state index is 11.0. The molecule has 0 amide bonds. The van der Waals surface area contributed by atoms with Crippen LogP contribution in [0.1, 0.15) is 28.4 Å². The fraction of sp³-hybridized carbons (Fsp3) is 0.333. The number of ether oxygens (including phenoxy) is 1. The Labute approximate surface area is 93.9 Å². The minimum atomic E-state index is -0.997. The highest BCUT2D eigenvalue weighted by molar-refractivity contribution is 5.88. The molecule has 1 aromatic rings. The monoisotopic (exact) mass is 222 g/mol. The number of carbonyl (C=O) groups is 2. The van der Waals surface area contributed by atoms with Gasteiger partial charge in [0.1, 0.15) is 5.78 Å². The van der Waals surface area contributed by atoms with Crippen LogP contribution in [0.5, 0.6) is 0 Å². The summed E-state index contributed by atoms with van der Waals surface area (Å²) in [5, 5.41) is 8.91. The van der Waals surface area contributed by atoms with Crippen LogP contribution in [0.4, 0.5) is 0 Å². The molecule has 0 unspecified atom stereocenters. The van der Waals surface area contributed by atoms with Gasteiger partial charge in [-0.15, -0.1) is 0 Å². The van der Waals surface area contributed by atoms with Crippen molar-refractivity contribution in [3.8, 4) is 0 Å². The van der Waals surface area contributed by atoms with Gasteiger partial charge < -0.3 is 9.84 Å². The van der Waals surface area contributed by atoms with E-state index in [4.69, 9.17) is 9.84 Å². The van der Waals surface area contributed by atoms with Crippen LogP contribution in [0.3, 0.4) is 0 Å². The van der Waals surface area contributed by atoms with Gasteiger partial charge in [0.25, 0.3) is 0 Å². The Balaban J connectivity index is 3.07. The number of ketones is 1. The summed E-state index contributed by atoms with van der Waals surface area (Å²) in [7, 11) is 1.54. The van der Waals surface area contributed by atoms with Gasteiger partial charge >= 0.3 is 5.97 Å². The number of carbonyl (C=O) groups excluding carboxylic acids is 1. The number of methoxy groups -OCH3 is 1. The van der Waals surface area contributed by atoms with Gasteiger partial charge in [-0.25, -0.2) is 4.79 Å². The molecule has 0 heterocycles. The average Bonchev–Trinajstić information content (AvgIpc) is 2.16. The van der Waals surface area contributed by atoms with Crippen LogP contribution >= 0.6 is 0 Å². The second kappa shape index (κ2) is 5.42. The van der Waals surface area contributed by atoms with Crippen molar-refractivity contribution < 1.29 is 19.4 Å². The van der Waals surface area contributed by atoms with Crippen molar-refractivity contribution in [2.75, 3.05) is 7.11 Å². The van der Waals surface area contributed by atoms with Crippen molar-refractivity contribution in [3.63, 3.8) is 0 Å². The Morgan fingerprint density at radius 2 is 1.88 bits per heavy atom. The Morgan fingerprint density at radius 3 is 2.38 bits per heavy atom. The molecule has 0 bridgehead atoms. The third-order valence-corrected chi connectivity index (χ3v) is 2.06. The van der Waals surface area contributed by atoms with Gasteiger partial charge in [0, 0.05) is 13.5 Å². The van der Waals surface area contributed by atoms with E-state index in [1.807, 2.05) is 0 Å². The van der Waals surface area contributed by atoms with E-state index in [0.717, 1.165) is 5.56 Å². The standard InChI is InChI=1S/C12H14O4/c1-8(13)3-9-4-10(7-16-2)6-11(5-9)12(14)15/h4-6H,3,7H2,1-2H3,(H,14,15). The Bertz CT molecular complexity index is 409. The lowest BCUT2D eigenvalue weighted by Gasteiger charge is -2.06. The molecule has 1 rings (SSSR count). The van der Waals surface area contributed by atoms with Crippen molar-refractivity contribution in [2.45, 2.75) is 20.0 Å². The minimum Gasteiger partial charge on any atom is -0.478 e. The summed E-state index contributed by atoms with van der Waals surface area (Å²) in [6.07, 6.45) is 0.248. The smallest absolute Gasteiger partial charge is 0.335 e. The van der Waals surface area contributed by atoms with Crippen LogP contribution in [-0.2, 0) is 22.6 Å². The van der Waals surface area contributed by atoms with E-state index < -0.39 is 5.97 Å². The van der Waals surface area contributed by atoms with Crippen molar-refractivity contribution in [2.24, 2.45) is 0 Å². The highest BCUT2D eigenvalue weighted by atomic mass is 16.5. The molecule has 0 saturated heterocycles. The van der Waals surface area contributed by atoms with E-state index >= 15 is 0 Å². The highest BCUT2D eigenvalue weighted by Crippen LogP contribution is 2.12. The van der Waals surface area contributed by atoms with Crippen LogP contribution in [0.2, 0.25) is 0 Å². The SMILES string of the molecule is COCc1cc(CC(C)=O)cc(C(=O)O)c1. The largest absolute Gasteiger partial charge is 0.478 e. The van der Waals surface area contributed by atoms with Crippen LogP contribution < -0.4 is 0 Å². The molecule has 0 saturated carbocycles. The topological polar surface area (TPSA) is 63.6 Å². The van der Waals surface area contributed by atoms with E-state index in [1.165, 1.54) is 20.1 Å². The molecule has 0 spiro atoms. The van der Waals surface area contributed by atoms with Crippen LogP contribution in [0.15, 0.2) is 18.2 Å². The molecule has 16 heavy (non-hydrogen) atoms. The molecule has 0 aliphatic heterocycles. The van der Waals surface area contributed by atoms with Crippen LogP contribution in [0, 0.1) is 0 Å². The first-order valence-electron chi connectivity index (χ1n) is 4.87. The molecule has 0 radical (unpaired) electrons. The van der Waals surface area contributed by atoms with Gasteiger partial charge in [0.15, 0.2) is 0 Å². The molecule has 1 N–H and O–H groups in total. The fourth-order valence-electron chi connectivity index (χ4n) is 1.53. The number of hydrogen-bond acceptors (Lipinski definition) is 3. The molecule has 0 fully saturated rings. The Morgan fingerprint density at radius 1 is 1.25 bits per heavy atom. The first-order chi connectivity index (χ1) is 7.52. The molecular weight excluding hydrogens is 208 g/mol. The summed E-state index contributed by atoms with van der Waals surface area (Å²) in [5.41, 5.74) is 1.66. The lowest BCUT2D eigenvalue weighted by atomic mass is 10.0. The molecule has 4 nitrogen and oxygen atoms in total. The van der Waals surface area contributed by atoms with Gasteiger partial charge in [0.2, 0.25) is 0 Å². The summed E-state index contributed by atoms with van der Waals surface area (Å²) < 4.78 is 4.94. The maximum atomic E-state index is 11.0. The predicted molar refractivity (Wildman–Crippen MR) is 58.5 cm³/mol. The average molecular weight is 222 g/mol. The summed E-state index contributed by atoms with van der Waals surface area (Å²) in [5.74, 6) is -0.992. The third kappa shape index (κ3) is 3.47. The van der Waals surface area contributed by atoms with Gasteiger partial charge in [0.05, 0.1) is 12.2 Å². The summed E-state index contributed by atoms with van der Waals surface area (Å²) >= 11 is 0. The summed E-state index contributed by atoms with van der Waals surface area (Å²) in [6.45, 7) is 1.81. The number of rotatable bonds is 5. The lowest BCUT2D eigenvalue weighted by molar-refractivity contribution is -0.116. The van der Waals surface area contributed by atoms with Crippen molar-refractivity contribution in [3.05, 3.63) is 34.9 Å². The second-order valence-electron chi connectivity index (χ2n) is 3.66. The molecule has 0 aliphatic carbocycles. The Hall–Kier alpha value is -1.68. The first-order valence-corrected chi connectivity index (χ1v) is 4.87. The molecule has 0 aromatic heterocycles. The van der Waals surface area contributed by atoms with E-state index in [9.17, 15) is 9.59 Å². The zero-order valence-electron chi connectivity index (χ0n) is 9.32. The minimum absolute atomic E-state index is 0.00547. The van der Waals surface area contributed by atoms with E-state index in [-0.39, 0.29) is 17.8 Å². The predicted octanol–water partition coefficient (Wildman–Crippen LogP) is 1.66. The maximum Gasteiger partial charge on any atom is 0.335 e. The van der Waals surface area contributed by atoms with E-state index in [2.05, 4.69) is 0 Å².